The molecule has 0 saturated carbocycles. The lowest BCUT2D eigenvalue weighted by Gasteiger charge is -2.29. The van der Waals surface area contributed by atoms with Gasteiger partial charge in [-0.15, -0.1) is 0 Å². The number of pyridine rings is 1. The zero-order chi connectivity index (χ0) is 21.2. The zero-order valence-electron chi connectivity index (χ0n) is 15.4. The molecule has 152 valence electrons. The normalized spacial score (nSPS) is 13.9. The molecule has 0 bridgehead atoms. The molecule has 1 heterocycles. The van der Waals surface area contributed by atoms with Crippen molar-refractivity contribution < 1.29 is 26.7 Å². The van der Waals surface area contributed by atoms with Crippen molar-refractivity contribution in [1.29, 1.82) is 0 Å². The maximum Gasteiger partial charge on any atom is 0.390 e. The molecule has 8 heteroatoms. The number of anilines is 1. The second-order valence-corrected chi connectivity index (χ2v) is 7.15. The minimum absolute atomic E-state index is 0.0925. The third-order valence-electron chi connectivity index (χ3n) is 4.57. The maximum atomic E-state index is 13.7. The van der Waals surface area contributed by atoms with Crippen molar-refractivity contribution in [3.05, 3.63) is 71.9 Å². The summed E-state index contributed by atoms with van der Waals surface area (Å²) in [4.78, 5) is 16.7. The minimum atomic E-state index is -4.59. The summed E-state index contributed by atoms with van der Waals surface area (Å²) >= 11 is 0. The van der Waals surface area contributed by atoms with Crippen molar-refractivity contribution in [1.82, 2.24) is 4.98 Å². The van der Waals surface area contributed by atoms with Gasteiger partial charge in [-0.25, -0.2) is 8.78 Å². The molecule has 3 aromatic rings. The van der Waals surface area contributed by atoms with E-state index in [-0.39, 0.29) is 17.6 Å². The Morgan fingerprint density at radius 2 is 1.76 bits per heavy atom. The number of halogens is 5. The highest BCUT2D eigenvalue weighted by molar-refractivity contribution is 5.96. The van der Waals surface area contributed by atoms with Gasteiger partial charge in [0.1, 0.15) is 17.2 Å². The first-order valence-corrected chi connectivity index (χ1v) is 8.73. The largest absolute Gasteiger partial charge is 0.390 e. The predicted octanol–water partition coefficient (Wildman–Crippen LogP) is 5.65. The van der Waals surface area contributed by atoms with Crippen molar-refractivity contribution in [2.45, 2.75) is 25.9 Å². The van der Waals surface area contributed by atoms with Crippen LogP contribution >= 0.6 is 0 Å². The van der Waals surface area contributed by atoms with Crippen molar-refractivity contribution >= 4 is 22.5 Å². The fourth-order valence-corrected chi connectivity index (χ4v) is 3.19. The van der Waals surface area contributed by atoms with Gasteiger partial charge >= 0.3 is 6.18 Å². The number of aromatic nitrogens is 1. The van der Waals surface area contributed by atoms with Gasteiger partial charge in [0.25, 0.3) is 0 Å². The van der Waals surface area contributed by atoms with Gasteiger partial charge in [-0.05, 0) is 36.2 Å². The van der Waals surface area contributed by atoms with Gasteiger partial charge in [0.05, 0.1) is 23.7 Å². The average Bonchev–Trinajstić information content (AvgIpc) is 2.62. The zero-order valence-corrected chi connectivity index (χ0v) is 15.4. The van der Waals surface area contributed by atoms with E-state index in [9.17, 15) is 26.7 Å². The van der Waals surface area contributed by atoms with Crippen LogP contribution in [0.4, 0.5) is 27.6 Å². The predicted molar refractivity (Wildman–Crippen MR) is 99.2 cm³/mol. The van der Waals surface area contributed by atoms with Crippen LogP contribution in [0.2, 0.25) is 0 Å². The molecule has 1 aromatic heterocycles. The summed E-state index contributed by atoms with van der Waals surface area (Å²) in [5.41, 5.74) is -1.20. The Morgan fingerprint density at radius 3 is 2.41 bits per heavy atom. The van der Waals surface area contributed by atoms with Crippen molar-refractivity contribution in [2.24, 2.45) is 5.41 Å². The number of amides is 1. The number of carbonyl (C=O) groups excluding carboxylic acids is 1. The summed E-state index contributed by atoms with van der Waals surface area (Å²) in [6.07, 6.45) is -5.00. The van der Waals surface area contributed by atoms with E-state index in [4.69, 9.17) is 0 Å². The molecule has 1 atom stereocenters. The monoisotopic (exact) mass is 408 g/mol. The summed E-state index contributed by atoms with van der Waals surface area (Å²) in [6, 6.07) is 10.7. The van der Waals surface area contributed by atoms with Crippen LogP contribution in [-0.2, 0) is 11.2 Å². The highest BCUT2D eigenvalue weighted by atomic mass is 19.4. The molecule has 3 nitrogen and oxygen atoms in total. The molecule has 0 radical (unpaired) electrons. The molecule has 3 rings (SSSR count). The molecule has 2 aromatic carbocycles. The molecule has 1 unspecified atom stereocenters. The molecular formula is C21H17F5N2O. The smallest absolute Gasteiger partial charge is 0.324 e. The van der Waals surface area contributed by atoms with Crippen molar-refractivity contribution in [2.75, 3.05) is 5.32 Å². The molecular weight excluding hydrogens is 391 g/mol. The van der Waals surface area contributed by atoms with Crippen molar-refractivity contribution in [3.63, 3.8) is 0 Å². The van der Waals surface area contributed by atoms with Gasteiger partial charge in [0, 0.05) is 5.39 Å². The number of para-hydroxylation sites is 1. The van der Waals surface area contributed by atoms with E-state index in [0.29, 0.717) is 10.9 Å². The van der Waals surface area contributed by atoms with E-state index in [0.717, 1.165) is 12.1 Å². The van der Waals surface area contributed by atoms with Crippen LogP contribution in [0.15, 0.2) is 54.7 Å². The summed E-state index contributed by atoms with van der Waals surface area (Å²) in [6.45, 7) is 1.20. The number of hydrogen-bond donors (Lipinski definition) is 1. The van der Waals surface area contributed by atoms with Crippen LogP contribution in [-0.4, -0.2) is 17.1 Å². The Labute approximate surface area is 163 Å². The SMILES string of the molecule is CC(Cc1ccc(F)cc1)(CC(F)(F)F)C(=O)Nc1cnc2c(F)cccc2c1. The van der Waals surface area contributed by atoms with Gasteiger partial charge in [-0.1, -0.05) is 31.2 Å². The van der Waals surface area contributed by atoms with Gasteiger partial charge in [-0.2, -0.15) is 13.2 Å². The van der Waals surface area contributed by atoms with Crippen LogP contribution in [0, 0.1) is 17.0 Å². The fraction of sp³-hybridized carbons (Fsp3) is 0.238. The van der Waals surface area contributed by atoms with E-state index < -0.39 is 35.6 Å². The first-order chi connectivity index (χ1) is 13.6. The lowest BCUT2D eigenvalue weighted by molar-refractivity contribution is -0.164. The van der Waals surface area contributed by atoms with Crippen LogP contribution in [0.25, 0.3) is 10.9 Å². The van der Waals surface area contributed by atoms with E-state index >= 15 is 0 Å². The number of nitrogens with zero attached hydrogens (tertiary/aromatic N) is 1. The first kappa shape index (κ1) is 20.7. The lowest BCUT2D eigenvalue weighted by Crippen LogP contribution is -2.39. The minimum Gasteiger partial charge on any atom is -0.324 e. The Morgan fingerprint density at radius 1 is 1.07 bits per heavy atom. The molecule has 0 spiro atoms. The van der Waals surface area contributed by atoms with E-state index in [1.54, 1.807) is 6.07 Å². The van der Waals surface area contributed by atoms with Crippen LogP contribution in [0.5, 0.6) is 0 Å². The van der Waals surface area contributed by atoms with Crippen molar-refractivity contribution in [3.8, 4) is 0 Å². The summed E-state index contributed by atoms with van der Waals surface area (Å²) in [7, 11) is 0. The van der Waals surface area contributed by atoms with Gasteiger partial charge in [-0.3, -0.25) is 9.78 Å². The molecule has 1 amide bonds. The number of hydrogen-bond acceptors (Lipinski definition) is 2. The summed E-state index contributed by atoms with van der Waals surface area (Å²) in [5.74, 6) is -1.93. The molecule has 0 aliphatic heterocycles. The first-order valence-electron chi connectivity index (χ1n) is 8.73. The number of benzene rings is 2. The van der Waals surface area contributed by atoms with E-state index in [2.05, 4.69) is 10.3 Å². The number of nitrogens with one attached hydrogen (secondary N) is 1. The number of rotatable bonds is 5. The van der Waals surface area contributed by atoms with E-state index in [1.807, 2.05) is 0 Å². The summed E-state index contributed by atoms with van der Waals surface area (Å²) in [5, 5.41) is 2.85. The second-order valence-electron chi connectivity index (χ2n) is 7.15. The molecule has 29 heavy (non-hydrogen) atoms. The average molecular weight is 408 g/mol. The van der Waals surface area contributed by atoms with E-state index in [1.165, 1.54) is 43.5 Å². The van der Waals surface area contributed by atoms with Crippen LogP contribution in [0.3, 0.4) is 0 Å². The molecule has 0 fully saturated rings. The number of alkyl halides is 3. The third-order valence-corrected chi connectivity index (χ3v) is 4.57. The molecule has 0 saturated heterocycles. The Hall–Kier alpha value is -3.03. The second kappa shape index (κ2) is 7.77. The lowest BCUT2D eigenvalue weighted by atomic mass is 9.79. The molecule has 0 aliphatic carbocycles. The highest BCUT2D eigenvalue weighted by Gasteiger charge is 2.44. The Bertz CT molecular complexity index is 1030. The van der Waals surface area contributed by atoms with Gasteiger partial charge < -0.3 is 5.32 Å². The molecule has 0 aliphatic rings. The van der Waals surface area contributed by atoms with Crippen LogP contribution in [0.1, 0.15) is 18.9 Å². The molecule has 1 N–H and O–H groups in total. The van der Waals surface area contributed by atoms with Crippen LogP contribution < -0.4 is 5.32 Å². The summed E-state index contributed by atoms with van der Waals surface area (Å²) < 4.78 is 66.4. The topological polar surface area (TPSA) is 42.0 Å². The number of fused-ring (bicyclic) bond motifs is 1. The van der Waals surface area contributed by atoms with Gasteiger partial charge in [0.15, 0.2) is 0 Å². The third kappa shape index (κ3) is 5.07. The highest BCUT2D eigenvalue weighted by Crippen LogP contribution is 2.37. The fourth-order valence-electron chi connectivity index (χ4n) is 3.19. The maximum absolute atomic E-state index is 13.7. The number of carbonyl (C=O) groups is 1. The Kier molecular flexibility index (Phi) is 5.55. The standard InChI is InChI=1S/C21H17F5N2O/c1-20(12-21(24,25)26,10-13-5-7-15(22)8-6-13)19(29)28-16-9-14-3-2-4-17(23)18(14)27-11-16/h2-9,11H,10,12H2,1H3,(H,28,29). The quantitative estimate of drug-likeness (QED) is 0.554. The van der Waals surface area contributed by atoms with Gasteiger partial charge in [0.2, 0.25) is 5.91 Å². The Balaban J connectivity index is 1.88.